The second-order valence-corrected chi connectivity index (χ2v) is 3.25. The summed E-state index contributed by atoms with van der Waals surface area (Å²) in [4.78, 5) is 0. The third-order valence-electron chi connectivity index (χ3n) is 0.786. The first kappa shape index (κ1) is 13.4. The average Bonchev–Trinajstić information content (AvgIpc) is 1.63. The van der Waals surface area contributed by atoms with Crippen molar-refractivity contribution >= 4 is 39.7 Å². The monoisotopic (exact) mass is 180 g/mol. The van der Waals surface area contributed by atoms with Crippen LogP contribution in [-0.2, 0) is 10.1 Å². The normalized spacial score (nSPS) is 10.6. The van der Waals surface area contributed by atoms with Crippen LogP contribution in [0.2, 0.25) is 0 Å². The van der Waals surface area contributed by atoms with Crippen LogP contribution in [0.1, 0.15) is 12.8 Å². The Balaban J connectivity index is 0. The van der Waals surface area contributed by atoms with Gasteiger partial charge in [0.25, 0.3) is 10.1 Å². The summed E-state index contributed by atoms with van der Waals surface area (Å²) in [5, 5.41) is 0. The molecule has 0 atom stereocenters. The minimum absolute atomic E-state index is 0. The first-order valence-corrected chi connectivity index (χ1v) is 4.18. The summed E-state index contributed by atoms with van der Waals surface area (Å²) >= 11 is 0. The first-order valence-electron chi connectivity index (χ1n) is 2.57. The molecule has 0 aliphatic rings. The predicted molar refractivity (Wildman–Crippen MR) is 38.8 cm³/mol. The number of unbranched alkanes of at least 4 members (excludes halogenated alkanes) is 1. The molecule has 0 aromatic carbocycles. The Hall–Kier alpha value is 0.840. The van der Waals surface area contributed by atoms with Gasteiger partial charge in [0, 0.05) is 0 Å². The molecule has 0 amide bonds. The van der Waals surface area contributed by atoms with Gasteiger partial charge in [-0.1, -0.05) is 0 Å². The molecule has 0 aromatic rings. The Morgan fingerprint density at radius 1 is 1.30 bits per heavy atom. The van der Waals surface area contributed by atoms with Gasteiger partial charge in [-0.2, -0.15) is 8.42 Å². The average molecular weight is 180 g/mol. The van der Waals surface area contributed by atoms with Gasteiger partial charge < -0.3 is 0 Å². The molecule has 0 aromatic heterocycles. The van der Waals surface area contributed by atoms with E-state index in [2.05, 4.69) is 0 Å². The van der Waals surface area contributed by atoms with E-state index in [0.29, 0.717) is 0 Å². The van der Waals surface area contributed by atoms with Crippen molar-refractivity contribution in [3.8, 4) is 0 Å². The van der Waals surface area contributed by atoms with Crippen LogP contribution in [-0.4, -0.2) is 55.0 Å². The molecular formula is C4H10FNaO3S. The number of alkyl halides is 1. The van der Waals surface area contributed by atoms with Crippen molar-refractivity contribution in [2.75, 3.05) is 12.4 Å². The molecular weight excluding hydrogens is 170 g/mol. The molecule has 10 heavy (non-hydrogen) atoms. The van der Waals surface area contributed by atoms with E-state index in [9.17, 15) is 12.8 Å². The van der Waals surface area contributed by atoms with Gasteiger partial charge in [-0.05, 0) is 12.8 Å². The van der Waals surface area contributed by atoms with Crippen molar-refractivity contribution in [2.45, 2.75) is 12.8 Å². The van der Waals surface area contributed by atoms with Crippen molar-refractivity contribution in [1.82, 2.24) is 0 Å². The van der Waals surface area contributed by atoms with Gasteiger partial charge >= 0.3 is 29.6 Å². The molecule has 1 N–H and O–H groups in total. The first-order chi connectivity index (χ1) is 4.06. The number of hydrogen-bond donors (Lipinski definition) is 1. The molecule has 0 radical (unpaired) electrons. The van der Waals surface area contributed by atoms with Gasteiger partial charge in [-0.15, -0.1) is 0 Å². The molecule has 0 unspecified atom stereocenters. The van der Waals surface area contributed by atoms with E-state index in [1.165, 1.54) is 0 Å². The zero-order valence-corrected chi connectivity index (χ0v) is 5.69. The molecule has 0 fully saturated rings. The summed E-state index contributed by atoms with van der Waals surface area (Å²) in [6.07, 6.45) is 0.384. The van der Waals surface area contributed by atoms with Crippen molar-refractivity contribution in [2.24, 2.45) is 0 Å². The molecule has 0 aliphatic carbocycles. The fourth-order valence-corrected chi connectivity index (χ4v) is 0.948. The summed E-state index contributed by atoms with van der Waals surface area (Å²) in [6.45, 7) is -0.532. The Morgan fingerprint density at radius 3 is 2.10 bits per heavy atom. The molecule has 3 nitrogen and oxygen atoms in total. The molecule has 0 bridgehead atoms. The van der Waals surface area contributed by atoms with Crippen molar-refractivity contribution in [3.05, 3.63) is 0 Å². The van der Waals surface area contributed by atoms with E-state index in [4.69, 9.17) is 4.55 Å². The van der Waals surface area contributed by atoms with Crippen molar-refractivity contribution in [3.63, 3.8) is 0 Å². The van der Waals surface area contributed by atoms with Gasteiger partial charge in [0.05, 0.1) is 12.4 Å². The van der Waals surface area contributed by atoms with Gasteiger partial charge in [0.2, 0.25) is 0 Å². The van der Waals surface area contributed by atoms with E-state index in [1.54, 1.807) is 0 Å². The molecule has 0 heterocycles. The molecule has 0 rings (SSSR count). The minimum atomic E-state index is -3.86. The number of hydrogen-bond acceptors (Lipinski definition) is 2. The summed E-state index contributed by atoms with van der Waals surface area (Å²) in [6, 6.07) is 0. The Kier molecular flexibility index (Phi) is 8.79. The van der Waals surface area contributed by atoms with Gasteiger partial charge in [-0.25, -0.2) is 0 Å². The van der Waals surface area contributed by atoms with Crippen molar-refractivity contribution < 1.29 is 17.4 Å². The van der Waals surface area contributed by atoms with E-state index in [1.807, 2.05) is 0 Å². The van der Waals surface area contributed by atoms with Crippen LogP contribution in [0.3, 0.4) is 0 Å². The zero-order valence-electron chi connectivity index (χ0n) is 4.88. The molecule has 0 saturated heterocycles. The molecule has 0 aliphatic heterocycles. The maximum atomic E-state index is 11.3. The fourth-order valence-electron chi connectivity index (χ4n) is 0.379. The SMILES string of the molecule is O=S(=O)(O)CCCCF.[NaH]. The van der Waals surface area contributed by atoms with Crippen LogP contribution >= 0.6 is 0 Å². The van der Waals surface area contributed by atoms with Gasteiger partial charge in [-0.3, -0.25) is 8.94 Å². The molecule has 0 spiro atoms. The van der Waals surface area contributed by atoms with Crippen LogP contribution in [0.4, 0.5) is 4.39 Å². The van der Waals surface area contributed by atoms with Crippen LogP contribution in [0.15, 0.2) is 0 Å². The second kappa shape index (κ2) is 6.54. The molecule has 58 valence electrons. The third kappa shape index (κ3) is 11.6. The Labute approximate surface area is 82.0 Å². The number of halogens is 1. The number of rotatable bonds is 4. The van der Waals surface area contributed by atoms with E-state index in [0.717, 1.165) is 0 Å². The zero-order chi connectivity index (χ0) is 7.33. The summed E-state index contributed by atoms with van der Waals surface area (Å²) in [5.41, 5.74) is 0. The van der Waals surface area contributed by atoms with E-state index >= 15 is 0 Å². The van der Waals surface area contributed by atoms with Gasteiger partial charge in [0.15, 0.2) is 0 Å². The predicted octanol–water partition coefficient (Wildman–Crippen LogP) is -0.0246. The second-order valence-electron chi connectivity index (χ2n) is 1.68. The van der Waals surface area contributed by atoms with Crippen molar-refractivity contribution in [1.29, 1.82) is 0 Å². The fraction of sp³-hybridized carbons (Fsp3) is 1.00. The molecule has 6 heteroatoms. The van der Waals surface area contributed by atoms with E-state index in [-0.39, 0.29) is 48.2 Å². The van der Waals surface area contributed by atoms with Crippen LogP contribution < -0.4 is 0 Å². The molecule has 0 saturated carbocycles. The Bertz CT molecular complexity index is 156. The van der Waals surface area contributed by atoms with Crippen LogP contribution in [0.25, 0.3) is 0 Å². The topological polar surface area (TPSA) is 54.4 Å². The quantitative estimate of drug-likeness (QED) is 0.375. The van der Waals surface area contributed by atoms with Crippen LogP contribution in [0, 0.1) is 0 Å². The van der Waals surface area contributed by atoms with Crippen LogP contribution in [0.5, 0.6) is 0 Å². The van der Waals surface area contributed by atoms with Gasteiger partial charge in [0.1, 0.15) is 0 Å². The third-order valence-corrected chi connectivity index (χ3v) is 1.59. The summed E-state index contributed by atoms with van der Waals surface area (Å²) in [7, 11) is -3.86. The standard InChI is InChI=1S/C4H9FO3S.Na.H/c5-3-1-2-4-9(6,7)8;;/h1-4H2,(H,6,7,8);;. The van der Waals surface area contributed by atoms with E-state index < -0.39 is 16.8 Å². The Morgan fingerprint density at radius 2 is 1.80 bits per heavy atom. The maximum absolute atomic E-state index is 11.3. The summed E-state index contributed by atoms with van der Waals surface area (Å²) in [5.74, 6) is -0.336. The summed E-state index contributed by atoms with van der Waals surface area (Å²) < 4.78 is 39.3.